The largest absolute Gasteiger partial charge is 0.493 e. The molecule has 3 aromatic carbocycles. The predicted octanol–water partition coefficient (Wildman–Crippen LogP) is 6.25. The summed E-state index contributed by atoms with van der Waals surface area (Å²) >= 11 is 11.0. The van der Waals surface area contributed by atoms with Crippen LogP contribution in [0.15, 0.2) is 86.2 Å². The molecular formula is C33H30BrClFN3O4S. The molecule has 5 rings (SSSR count). The van der Waals surface area contributed by atoms with Crippen LogP contribution in [0.5, 0.6) is 11.5 Å². The van der Waals surface area contributed by atoms with Gasteiger partial charge in [0.25, 0.3) is 11.5 Å². The van der Waals surface area contributed by atoms with Gasteiger partial charge < -0.3 is 14.4 Å². The summed E-state index contributed by atoms with van der Waals surface area (Å²) in [5.41, 5.74) is 2.59. The first-order valence-electron chi connectivity index (χ1n) is 14.0. The van der Waals surface area contributed by atoms with Crippen LogP contribution in [0, 0.1) is 5.82 Å². The van der Waals surface area contributed by atoms with Crippen LogP contribution in [0.3, 0.4) is 0 Å². The molecule has 2 heterocycles. The summed E-state index contributed by atoms with van der Waals surface area (Å²) < 4.78 is 28.2. The summed E-state index contributed by atoms with van der Waals surface area (Å²) in [4.78, 5) is 34.8. The molecular weight excluding hydrogens is 669 g/mol. The van der Waals surface area contributed by atoms with Crippen LogP contribution in [0.2, 0.25) is 5.02 Å². The summed E-state index contributed by atoms with van der Waals surface area (Å²) in [5.74, 6) is 0.304. The van der Waals surface area contributed by atoms with E-state index >= 15 is 0 Å². The molecule has 1 amide bonds. The highest BCUT2D eigenvalue weighted by molar-refractivity contribution is 9.10. The van der Waals surface area contributed by atoms with Crippen molar-refractivity contribution in [2.24, 2.45) is 4.99 Å². The van der Waals surface area contributed by atoms with E-state index in [1.807, 2.05) is 26.0 Å². The van der Waals surface area contributed by atoms with Gasteiger partial charge in [0.1, 0.15) is 12.4 Å². The Balaban J connectivity index is 1.59. The number of likely N-dealkylation sites (N-methyl/N-ethyl adjacent to an activating group) is 1. The maximum atomic E-state index is 14.1. The fourth-order valence-corrected chi connectivity index (χ4v) is 6.86. The number of nitrogens with zero attached hydrogens (tertiary/aromatic N) is 3. The summed E-state index contributed by atoms with van der Waals surface area (Å²) in [7, 11) is 1.51. The van der Waals surface area contributed by atoms with Crippen molar-refractivity contribution in [2.75, 3.05) is 20.2 Å². The normalized spacial score (nSPS) is 14.7. The van der Waals surface area contributed by atoms with E-state index in [1.165, 1.54) is 24.5 Å². The lowest BCUT2D eigenvalue weighted by atomic mass is 9.94. The fraction of sp³-hybridized carbons (Fsp3) is 0.242. The Morgan fingerprint density at radius 1 is 1.16 bits per heavy atom. The van der Waals surface area contributed by atoms with Gasteiger partial charge in [-0.05, 0) is 84.2 Å². The van der Waals surface area contributed by atoms with E-state index in [0.717, 1.165) is 5.56 Å². The average Bonchev–Trinajstić information content (AvgIpc) is 3.31. The molecule has 0 radical (unpaired) electrons. The van der Waals surface area contributed by atoms with Crippen molar-refractivity contribution in [3.05, 3.63) is 124 Å². The highest BCUT2D eigenvalue weighted by atomic mass is 79.9. The zero-order valence-corrected chi connectivity index (χ0v) is 27.7. The Bertz CT molecular complexity index is 1930. The molecule has 11 heteroatoms. The van der Waals surface area contributed by atoms with E-state index in [4.69, 9.17) is 26.1 Å². The van der Waals surface area contributed by atoms with E-state index in [0.29, 0.717) is 65.8 Å². The van der Waals surface area contributed by atoms with Crippen LogP contribution in [-0.4, -0.2) is 35.6 Å². The zero-order chi connectivity index (χ0) is 31.5. The van der Waals surface area contributed by atoms with E-state index in [2.05, 4.69) is 15.9 Å². The average molecular weight is 699 g/mol. The van der Waals surface area contributed by atoms with Gasteiger partial charge in [0.2, 0.25) is 0 Å². The van der Waals surface area contributed by atoms with Crippen LogP contribution >= 0.6 is 38.9 Å². The highest BCUT2D eigenvalue weighted by Gasteiger charge is 2.34. The standard InChI is InChI=1S/C33H30BrClFN3O4S/c1-5-38(6-2)32(41)28-19(3)37-33-39(29(28)21-11-13-23(35)14-12-21)31(40)27(44-33)17-20-15-24(34)30(26(16-20)42-4)43-18-22-9-7-8-10-25(22)36/h7-17,29H,5-6,18H2,1-4H3/b27-17+/t29-/m1/s1. The lowest BCUT2D eigenvalue weighted by Gasteiger charge is -2.29. The molecule has 1 aromatic heterocycles. The molecule has 0 aliphatic carbocycles. The molecule has 228 valence electrons. The Morgan fingerprint density at radius 2 is 1.86 bits per heavy atom. The quantitative estimate of drug-likeness (QED) is 0.207. The van der Waals surface area contributed by atoms with E-state index in [-0.39, 0.29) is 23.9 Å². The second-order valence-corrected chi connectivity index (χ2v) is 12.3. The number of allylic oxidation sites excluding steroid dienone is 1. The molecule has 0 saturated carbocycles. The van der Waals surface area contributed by atoms with Crippen LogP contribution in [0.1, 0.15) is 43.5 Å². The zero-order valence-electron chi connectivity index (χ0n) is 24.6. The number of amides is 1. The van der Waals surface area contributed by atoms with Crippen molar-refractivity contribution in [1.82, 2.24) is 9.47 Å². The molecule has 0 saturated heterocycles. The third-order valence-corrected chi connectivity index (χ3v) is 9.19. The highest BCUT2D eigenvalue weighted by Crippen LogP contribution is 2.38. The first-order chi connectivity index (χ1) is 21.2. The SMILES string of the molecule is CCN(CC)C(=O)C1=C(C)N=c2s/c(=C/c3cc(Br)c(OCc4ccccc4F)c(OC)c3)c(=O)n2[C@@H]1c1ccc(Cl)cc1. The van der Waals surface area contributed by atoms with Gasteiger partial charge in [0, 0.05) is 23.7 Å². The van der Waals surface area contributed by atoms with Gasteiger partial charge in [0.15, 0.2) is 16.3 Å². The third-order valence-electron chi connectivity index (χ3n) is 7.37. The Hall–Kier alpha value is -3.73. The number of halogens is 3. The summed E-state index contributed by atoms with van der Waals surface area (Å²) in [6.45, 7) is 6.72. The molecule has 0 bridgehead atoms. The number of rotatable bonds is 9. The maximum Gasteiger partial charge on any atom is 0.271 e. The fourth-order valence-electron chi connectivity index (χ4n) is 5.12. The molecule has 1 aliphatic heterocycles. The number of ether oxygens (including phenoxy) is 2. The minimum absolute atomic E-state index is 0.0121. The van der Waals surface area contributed by atoms with Crippen molar-refractivity contribution >= 4 is 50.9 Å². The van der Waals surface area contributed by atoms with E-state index in [1.54, 1.807) is 64.9 Å². The topological polar surface area (TPSA) is 73.1 Å². The Morgan fingerprint density at radius 3 is 2.52 bits per heavy atom. The lowest BCUT2D eigenvalue weighted by molar-refractivity contribution is -0.127. The van der Waals surface area contributed by atoms with Gasteiger partial charge in [0.05, 0.1) is 33.4 Å². The van der Waals surface area contributed by atoms with Gasteiger partial charge in [-0.3, -0.25) is 14.2 Å². The lowest BCUT2D eigenvalue weighted by Crippen LogP contribution is -2.43. The number of fused-ring (bicyclic) bond motifs is 1. The van der Waals surface area contributed by atoms with E-state index < -0.39 is 6.04 Å². The number of benzene rings is 3. The molecule has 0 spiro atoms. The number of hydrogen-bond donors (Lipinski definition) is 0. The second-order valence-electron chi connectivity index (χ2n) is 10.0. The summed E-state index contributed by atoms with van der Waals surface area (Å²) in [5, 5.41) is 0.555. The van der Waals surface area contributed by atoms with Crippen LogP contribution in [0.4, 0.5) is 4.39 Å². The number of thiazole rings is 1. The number of aromatic nitrogens is 1. The van der Waals surface area contributed by atoms with Crippen LogP contribution in [-0.2, 0) is 11.4 Å². The molecule has 0 unspecified atom stereocenters. The van der Waals surface area contributed by atoms with Crippen molar-refractivity contribution in [3.8, 4) is 11.5 Å². The maximum absolute atomic E-state index is 14.1. The monoisotopic (exact) mass is 697 g/mol. The van der Waals surface area contributed by atoms with Crippen molar-refractivity contribution in [1.29, 1.82) is 0 Å². The molecule has 1 atom stereocenters. The van der Waals surface area contributed by atoms with Gasteiger partial charge in [-0.1, -0.05) is 53.3 Å². The minimum Gasteiger partial charge on any atom is -0.493 e. The molecule has 0 N–H and O–H groups in total. The smallest absolute Gasteiger partial charge is 0.271 e. The number of carbonyl (C=O) groups is 1. The molecule has 44 heavy (non-hydrogen) atoms. The number of hydrogen-bond acceptors (Lipinski definition) is 6. The minimum atomic E-state index is -0.672. The number of methoxy groups -OCH3 is 1. The Kier molecular flexibility index (Phi) is 9.72. The van der Waals surface area contributed by atoms with Gasteiger partial charge in [-0.25, -0.2) is 9.38 Å². The molecule has 1 aliphatic rings. The van der Waals surface area contributed by atoms with E-state index in [9.17, 15) is 14.0 Å². The third kappa shape index (κ3) is 6.24. The van der Waals surface area contributed by atoms with Gasteiger partial charge >= 0.3 is 0 Å². The molecule has 7 nitrogen and oxygen atoms in total. The van der Waals surface area contributed by atoms with Gasteiger partial charge in [-0.15, -0.1) is 0 Å². The Labute approximate surface area is 271 Å². The number of carbonyl (C=O) groups excluding carboxylic acids is 1. The van der Waals surface area contributed by atoms with Crippen molar-refractivity contribution in [2.45, 2.75) is 33.4 Å². The van der Waals surface area contributed by atoms with Crippen LogP contribution in [0.25, 0.3) is 6.08 Å². The van der Waals surface area contributed by atoms with Crippen molar-refractivity contribution in [3.63, 3.8) is 0 Å². The first kappa shape index (κ1) is 31.7. The summed E-state index contributed by atoms with van der Waals surface area (Å²) in [6, 6.07) is 16.4. The first-order valence-corrected chi connectivity index (χ1v) is 16.0. The van der Waals surface area contributed by atoms with Crippen molar-refractivity contribution < 1.29 is 18.7 Å². The summed E-state index contributed by atoms with van der Waals surface area (Å²) in [6.07, 6.45) is 1.75. The van der Waals surface area contributed by atoms with Gasteiger partial charge in [-0.2, -0.15) is 0 Å². The molecule has 4 aromatic rings. The predicted molar refractivity (Wildman–Crippen MR) is 175 cm³/mol. The second kappa shape index (κ2) is 13.5. The molecule has 0 fully saturated rings. The van der Waals surface area contributed by atoms with Crippen LogP contribution < -0.4 is 24.4 Å².